The smallest absolute Gasteiger partial charge is 0.339 e. The summed E-state index contributed by atoms with van der Waals surface area (Å²) in [7, 11) is 0. The highest BCUT2D eigenvalue weighted by atomic mass is 19.4. The lowest BCUT2D eigenvalue weighted by molar-refractivity contribution is -0.148. The maximum absolute atomic E-state index is 13.4. The van der Waals surface area contributed by atoms with E-state index in [1.807, 2.05) is 35.3 Å². The molecular weight excluding hydrogens is 547 g/mol. The van der Waals surface area contributed by atoms with Gasteiger partial charge in [-0.1, -0.05) is 12.2 Å². The van der Waals surface area contributed by atoms with Crippen LogP contribution in [0.5, 0.6) is 0 Å². The highest BCUT2D eigenvalue weighted by molar-refractivity contribution is 5.95. The Bertz CT molecular complexity index is 1450. The van der Waals surface area contributed by atoms with E-state index in [9.17, 15) is 22.8 Å². The molecule has 1 aliphatic carbocycles. The number of allylic oxidation sites excluding steroid dienone is 3. The average molecular weight is 584 g/mol. The molecule has 4 aliphatic rings. The Morgan fingerprint density at radius 2 is 1.93 bits per heavy atom. The van der Waals surface area contributed by atoms with Gasteiger partial charge in [0, 0.05) is 62.1 Å². The molecular formula is C30H36F3N7O2. The fourth-order valence-corrected chi connectivity index (χ4v) is 6.61. The van der Waals surface area contributed by atoms with Crippen molar-refractivity contribution >= 4 is 29.0 Å². The Morgan fingerprint density at radius 3 is 2.69 bits per heavy atom. The Balaban J connectivity index is 1.07. The highest BCUT2D eigenvalue weighted by Crippen LogP contribution is 2.39. The molecule has 3 aliphatic heterocycles. The average Bonchev–Trinajstić information content (AvgIpc) is 3.62. The van der Waals surface area contributed by atoms with Crippen LogP contribution >= 0.6 is 0 Å². The van der Waals surface area contributed by atoms with Gasteiger partial charge in [-0.2, -0.15) is 18.2 Å². The molecule has 12 heteroatoms. The van der Waals surface area contributed by atoms with E-state index >= 15 is 0 Å². The molecule has 0 radical (unpaired) electrons. The van der Waals surface area contributed by atoms with Crippen LogP contribution in [0.4, 0.5) is 19.1 Å². The van der Waals surface area contributed by atoms with Crippen LogP contribution in [0.25, 0.3) is 11.2 Å². The summed E-state index contributed by atoms with van der Waals surface area (Å²) in [6, 6.07) is 3.80. The van der Waals surface area contributed by atoms with E-state index in [2.05, 4.69) is 15.7 Å². The van der Waals surface area contributed by atoms with E-state index in [0.717, 1.165) is 67.8 Å². The Morgan fingerprint density at radius 1 is 1.10 bits per heavy atom. The zero-order valence-electron chi connectivity index (χ0n) is 23.6. The molecule has 5 heterocycles. The molecule has 0 bridgehead atoms. The largest absolute Gasteiger partial charge is 0.389 e. The lowest BCUT2D eigenvalue weighted by Crippen LogP contribution is -2.50. The van der Waals surface area contributed by atoms with E-state index in [1.165, 1.54) is 11.3 Å². The molecule has 0 aromatic carbocycles. The Kier molecular flexibility index (Phi) is 7.82. The van der Waals surface area contributed by atoms with Gasteiger partial charge < -0.3 is 20.4 Å². The quantitative estimate of drug-likeness (QED) is 0.527. The van der Waals surface area contributed by atoms with E-state index in [-0.39, 0.29) is 17.9 Å². The number of carbonyl (C=O) groups excluding carboxylic acids is 2. The number of fused-ring (bicyclic) bond motifs is 1. The van der Waals surface area contributed by atoms with Crippen LogP contribution in [0.1, 0.15) is 56.9 Å². The van der Waals surface area contributed by atoms with Gasteiger partial charge in [0.1, 0.15) is 0 Å². The van der Waals surface area contributed by atoms with Crippen LogP contribution in [0.15, 0.2) is 47.8 Å². The number of nitrogens with one attached hydrogen (secondary N) is 2. The van der Waals surface area contributed by atoms with Gasteiger partial charge in [0.2, 0.25) is 17.8 Å². The van der Waals surface area contributed by atoms with E-state index < -0.39 is 24.9 Å². The molecule has 9 nitrogen and oxygen atoms in total. The van der Waals surface area contributed by atoms with Gasteiger partial charge >= 0.3 is 6.18 Å². The summed E-state index contributed by atoms with van der Waals surface area (Å²) in [5.41, 5.74) is 4.36. The summed E-state index contributed by atoms with van der Waals surface area (Å²) < 4.78 is 39.2. The number of halogens is 3. The number of hydrogen-bond acceptors (Lipinski definition) is 6. The highest BCUT2D eigenvalue weighted by Gasteiger charge is 2.38. The minimum Gasteiger partial charge on any atom is -0.339 e. The molecule has 2 amide bonds. The van der Waals surface area contributed by atoms with Crippen molar-refractivity contribution in [3.05, 3.63) is 53.4 Å². The van der Waals surface area contributed by atoms with Crippen LogP contribution in [-0.4, -0.2) is 81.7 Å². The van der Waals surface area contributed by atoms with E-state index in [4.69, 9.17) is 4.98 Å². The Hall–Kier alpha value is -3.67. The van der Waals surface area contributed by atoms with Gasteiger partial charge in [-0.25, -0.2) is 4.52 Å². The van der Waals surface area contributed by atoms with Crippen LogP contribution in [0.3, 0.4) is 0 Å². The Labute approximate surface area is 242 Å². The SMILES string of the molecule is O=C(CCC(F)(F)F)N1CC=C(c2cccn3nc(NC4=CC=C(C(=O)N5CCCC6(CCNCC6)C5)C4)nc23)CC1. The third kappa shape index (κ3) is 6.23. The maximum atomic E-state index is 13.4. The molecule has 2 saturated heterocycles. The summed E-state index contributed by atoms with van der Waals surface area (Å²) >= 11 is 0. The van der Waals surface area contributed by atoms with Crippen molar-refractivity contribution in [2.45, 2.75) is 57.5 Å². The van der Waals surface area contributed by atoms with Gasteiger partial charge in [0.15, 0.2) is 5.65 Å². The molecule has 0 unspecified atom stereocenters. The molecule has 224 valence electrons. The van der Waals surface area contributed by atoms with Crippen molar-refractivity contribution in [2.24, 2.45) is 5.41 Å². The van der Waals surface area contributed by atoms with Crippen molar-refractivity contribution in [3.8, 4) is 0 Å². The molecule has 42 heavy (non-hydrogen) atoms. The second-order valence-corrected chi connectivity index (χ2v) is 11.8. The number of likely N-dealkylation sites (tertiary alicyclic amines) is 1. The van der Waals surface area contributed by atoms with E-state index in [1.54, 1.807) is 10.7 Å². The third-order valence-corrected chi connectivity index (χ3v) is 8.92. The first-order valence-corrected chi connectivity index (χ1v) is 14.7. The summed E-state index contributed by atoms with van der Waals surface area (Å²) in [5, 5.41) is 11.3. The number of pyridine rings is 1. The molecule has 2 fully saturated rings. The zero-order chi connectivity index (χ0) is 29.3. The molecule has 2 aromatic rings. The van der Waals surface area contributed by atoms with Gasteiger partial charge in [0.05, 0.1) is 6.42 Å². The van der Waals surface area contributed by atoms with Gasteiger partial charge in [-0.3, -0.25) is 9.59 Å². The number of piperidine rings is 2. The monoisotopic (exact) mass is 583 g/mol. The van der Waals surface area contributed by atoms with Crippen molar-refractivity contribution < 1.29 is 22.8 Å². The normalized spacial score (nSPS) is 20.9. The first-order chi connectivity index (χ1) is 20.2. The number of carbonyl (C=O) groups is 2. The van der Waals surface area contributed by atoms with Gasteiger partial charge in [-0.05, 0) is 74.4 Å². The third-order valence-electron chi connectivity index (χ3n) is 8.92. The number of amides is 2. The van der Waals surface area contributed by atoms with Crippen LogP contribution in [-0.2, 0) is 9.59 Å². The molecule has 6 rings (SSSR count). The summed E-state index contributed by atoms with van der Waals surface area (Å²) in [5.74, 6) is 0.0426. The number of anilines is 1. The lowest BCUT2D eigenvalue weighted by atomic mass is 9.73. The second-order valence-electron chi connectivity index (χ2n) is 11.8. The predicted octanol–water partition coefficient (Wildman–Crippen LogP) is 4.31. The van der Waals surface area contributed by atoms with Crippen LogP contribution < -0.4 is 10.6 Å². The number of rotatable bonds is 6. The number of aromatic nitrogens is 3. The molecule has 2 aromatic heterocycles. The maximum Gasteiger partial charge on any atom is 0.389 e. The predicted molar refractivity (Wildman–Crippen MR) is 152 cm³/mol. The lowest BCUT2D eigenvalue weighted by Gasteiger charge is -2.45. The second kappa shape index (κ2) is 11.5. The molecule has 1 spiro atoms. The van der Waals surface area contributed by atoms with Crippen molar-refractivity contribution in [1.29, 1.82) is 0 Å². The standard InChI is InChI=1S/C30H36F3N7O2/c31-30(32,33)10-6-25(41)38-17-7-21(8-18-38)24-3-1-16-40-26(24)36-28(37-40)35-23-5-4-22(19-23)27(42)39-15-2-9-29(20-39)11-13-34-14-12-29/h1,3-5,7,16,34H,2,6,8-15,17-20H2,(H,35,37). The van der Waals surface area contributed by atoms with Gasteiger partial charge in [-0.15, -0.1) is 5.10 Å². The first kappa shape index (κ1) is 28.4. The minimum atomic E-state index is -4.34. The van der Waals surface area contributed by atoms with Crippen molar-refractivity contribution in [2.75, 3.05) is 44.6 Å². The fourth-order valence-electron chi connectivity index (χ4n) is 6.61. The summed E-state index contributed by atoms with van der Waals surface area (Å²) in [6.07, 6.45) is 7.01. The minimum absolute atomic E-state index is 0.112. The summed E-state index contributed by atoms with van der Waals surface area (Å²) in [4.78, 5) is 33.8. The van der Waals surface area contributed by atoms with Gasteiger partial charge in [0.25, 0.3) is 0 Å². The van der Waals surface area contributed by atoms with Crippen molar-refractivity contribution in [3.63, 3.8) is 0 Å². The van der Waals surface area contributed by atoms with Crippen LogP contribution in [0, 0.1) is 5.41 Å². The first-order valence-electron chi connectivity index (χ1n) is 14.7. The van der Waals surface area contributed by atoms with E-state index in [0.29, 0.717) is 31.0 Å². The fraction of sp³-hybridized carbons (Fsp3) is 0.533. The number of nitrogens with zero attached hydrogens (tertiary/aromatic N) is 5. The molecule has 2 N–H and O–H groups in total. The summed E-state index contributed by atoms with van der Waals surface area (Å²) in [6.45, 7) is 4.30. The van der Waals surface area contributed by atoms with Crippen LogP contribution in [0.2, 0.25) is 0 Å². The number of alkyl halides is 3. The zero-order valence-corrected chi connectivity index (χ0v) is 23.6. The molecule has 0 atom stereocenters. The number of hydrogen-bond donors (Lipinski definition) is 2. The molecule has 0 saturated carbocycles. The van der Waals surface area contributed by atoms with Crippen molar-refractivity contribution in [1.82, 2.24) is 29.7 Å². The topological polar surface area (TPSA) is 94.9 Å².